The lowest BCUT2D eigenvalue weighted by molar-refractivity contribution is 0.658. The first-order chi connectivity index (χ1) is 22.3. The van der Waals surface area contributed by atoms with E-state index >= 15 is 0 Å². The van der Waals surface area contributed by atoms with Gasteiger partial charge in [-0.25, -0.2) is 0 Å². The van der Waals surface area contributed by atoms with E-state index in [2.05, 4.69) is 166 Å². The Morgan fingerprint density at radius 3 is 1.42 bits per heavy atom. The Kier molecular flexibility index (Phi) is 6.36. The summed E-state index contributed by atoms with van der Waals surface area (Å²) in [6.07, 6.45) is 32.3. The Hall–Kier alpha value is -5.02. The Balaban J connectivity index is 1.06. The molecule has 2 aliphatic heterocycles. The van der Waals surface area contributed by atoms with Gasteiger partial charge in [0.15, 0.2) is 0 Å². The first-order valence-electron chi connectivity index (χ1n) is 16.5. The fourth-order valence-electron chi connectivity index (χ4n) is 8.30. The molecule has 2 heterocycles. The molecule has 3 aromatic rings. The van der Waals surface area contributed by atoms with Crippen molar-refractivity contribution in [1.29, 1.82) is 0 Å². The molecule has 0 saturated heterocycles. The highest BCUT2D eigenvalue weighted by molar-refractivity contribution is 5.79. The van der Waals surface area contributed by atoms with Crippen LogP contribution in [0.2, 0.25) is 0 Å². The fraction of sp³-hybridized carbons (Fsp3) is 0.190. The van der Waals surface area contributed by atoms with Gasteiger partial charge < -0.3 is 14.7 Å². The molecule has 0 bridgehead atoms. The van der Waals surface area contributed by atoms with E-state index in [-0.39, 0.29) is 0 Å². The van der Waals surface area contributed by atoms with Crippen LogP contribution in [0.1, 0.15) is 25.7 Å². The van der Waals surface area contributed by atoms with Crippen molar-refractivity contribution in [1.82, 2.24) is 0 Å². The van der Waals surface area contributed by atoms with Gasteiger partial charge in [-0.3, -0.25) is 0 Å². The fourth-order valence-corrected chi connectivity index (χ4v) is 8.30. The maximum absolute atomic E-state index is 2.54. The van der Waals surface area contributed by atoms with Crippen molar-refractivity contribution < 1.29 is 0 Å². The predicted octanol–water partition coefficient (Wildman–Crippen LogP) is 10.2. The van der Waals surface area contributed by atoms with Crippen LogP contribution in [0.4, 0.5) is 28.4 Å². The summed E-state index contributed by atoms with van der Waals surface area (Å²) in [6.45, 7) is 0. The molecule has 0 radical (unpaired) electrons. The third kappa shape index (κ3) is 4.33. The normalized spacial score (nSPS) is 25.5. The summed E-state index contributed by atoms with van der Waals surface area (Å²) in [4.78, 5) is 7.46. The first-order valence-corrected chi connectivity index (χ1v) is 16.5. The summed E-state index contributed by atoms with van der Waals surface area (Å²) in [6, 6.07) is 29.8. The second-order valence-electron chi connectivity index (χ2n) is 12.7. The summed E-state index contributed by atoms with van der Waals surface area (Å²) >= 11 is 0. The SMILES string of the molecule is C1=CC2C3=C(C=CCC3)N(c3ccc(N(c4ccccc4)c4ccc(N5C6=C(CCC=C6)[C@H]6C=CC=CC65)cc4)cc3)C2C=C1. The lowest BCUT2D eigenvalue weighted by Crippen LogP contribution is -2.32. The number of rotatable bonds is 5. The van der Waals surface area contributed by atoms with Gasteiger partial charge in [-0.1, -0.05) is 79.0 Å². The van der Waals surface area contributed by atoms with E-state index in [9.17, 15) is 0 Å². The van der Waals surface area contributed by atoms with E-state index in [0.29, 0.717) is 23.9 Å². The molecule has 3 heteroatoms. The molecule has 0 fully saturated rings. The first kappa shape index (κ1) is 26.4. The van der Waals surface area contributed by atoms with E-state index in [1.807, 2.05) is 0 Å². The summed E-state index contributed by atoms with van der Waals surface area (Å²) in [5.41, 5.74) is 11.9. The maximum Gasteiger partial charge on any atom is 0.0626 e. The molecule has 3 unspecified atom stereocenters. The van der Waals surface area contributed by atoms with Crippen LogP contribution in [-0.4, -0.2) is 12.1 Å². The number of anilines is 5. The van der Waals surface area contributed by atoms with Crippen molar-refractivity contribution in [2.24, 2.45) is 11.8 Å². The van der Waals surface area contributed by atoms with Gasteiger partial charge in [0.05, 0.1) is 12.1 Å². The number of fused-ring (bicyclic) bond motifs is 4. The van der Waals surface area contributed by atoms with Gasteiger partial charge in [-0.2, -0.15) is 0 Å². The van der Waals surface area contributed by atoms with Gasteiger partial charge in [-0.05, 0) is 110 Å². The molecule has 0 spiro atoms. The zero-order valence-corrected chi connectivity index (χ0v) is 25.4. The Morgan fingerprint density at radius 1 is 0.489 bits per heavy atom. The molecule has 4 atom stereocenters. The van der Waals surface area contributed by atoms with Crippen molar-refractivity contribution >= 4 is 28.4 Å². The second kappa shape index (κ2) is 10.9. The molecule has 3 aromatic carbocycles. The van der Waals surface area contributed by atoms with Crippen molar-refractivity contribution in [2.45, 2.75) is 37.8 Å². The van der Waals surface area contributed by atoms with Crippen molar-refractivity contribution in [3.63, 3.8) is 0 Å². The molecule has 6 aliphatic rings. The molecule has 0 amide bonds. The van der Waals surface area contributed by atoms with Crippen LogP contribution in [0.25, 0.3) is 0 Å². The Morgan fingerprint density at radius 2 is 0.933 bits per heavy atom. The third-order valence-electron chi connectivity index (χ3n) is 10.3. The zero-order chi connectivity index (χ0) is 29.7. The van der Waals surface area contributed by atoms with Crippen LogP contribution in [0.5, 0.6) is 0 Å². The van der Waals surface area contributed by atoms with Gasteiger partial charge in [0.2, 0.25) is 0 Å². The van der Waals surface area contributed by atoms with Gasteiger partial charge in [-0.15, -0.1) is 0 Å². The highest BCUT2D eigenvalue weighted by Crippen LogP contribution is 2.47. The van der Waals surface area contributed by atoms with Crippen LogP contribution in [-0.2, 0) is 0 Å². The molecule has 220 valence electrons. The van der Waals surface area contributed by atoms with E-state index in [1.165, 1.54) is 22.8 Å². The smallest absolute Gasteiger partial charge is 0.0626 e. The van der Waals surface area contributed by atoms with Gasteiger partial charge >= 0.3 is 0 Å². The average molecular weight is 584 g/mol. The number of para-hydroxylation sites is 1. The maximum atomic E-state index is 2.54. The molecule has 3 nitrogen and oxygen atoms in total. The number of allylic oxidation sites excluding steroid dienone is 8. The van der Waals surface area contributed by atoms with Crippen molar-refractivity contribution in [3.05, 3.63) is 174 Å². The van der Waals surface area contributed by atoms with Crippen molar-refractivity contribution in [2.75, 3.05) is 14.7 Å². The van der Waals surface area contributed by atoms with Crippen molar-refractivity contribution in [3.8, 4) is 0 Å². The third-order valence-corrected chi connectivity index (χ3v) is 10.3. The van der Waals surface area contributed by atoms with Crippen LogP contribution in [0, 0.1) is 11.8 Å². The van der Waals surface area contributed by atoms with Gasteiger partial charge in [0.25, 0.3) is 0 Å². The minimum atomic E-state index is 0.348. The molecule has 0 saturated carbocycles. The highest BCUT2D eigenvalue weighted by atomic mass is 15.2. The number of benzene rings is 3. The Bertz CT molecular complexity index is 1740. The molecular formula is C42H37N3. The predicted molar refractivity (Wildman–Crippen MR) is 188 cm³/mol. The molecule has 9 rings (SSSR count). The topological polar surface area (TPSA) is 9.72 Å². The largest absolute Gasteiger partial charge is 0.334 e. The summed E-state index contributed by atoms with van der Waals surface area (Å²) < 4.78 is 0. The lowest BCUT2D eigenvalue weighted by Gasteiger charge is -2.32. The average Bonchev–Trinajstić information content (AvgIpc) is 3.63. The van der Waals surface area contributed by atoms with Crippen LogP contribution in [0.15, 0.2) is 174 Å². The molecule has 0 aromatic heterocycles. The standard InChI is InChI=1S/C42H37N3/c1-2-12-30(13-3-1)43(31-22-26-33(27-23-31)44-39-18-8-4-14-35(39)36-15-5-9-19-40(36)44)32-24-28-34(29-25-32)45-41-20-10-6-16-37(41)38-17-7-11-21-42(38)45/h1-4,6,8-14,16,18-29,35,37,39,41H,5,7,15,17H2/t35-,37?,39?,41?/m1/s1. The molecule has 0 N–H and O–H groups in total. The number of hydrogen-bond acceptors (Lipinski definition) is 3. The van der Waals surface area contributed by atoms with E-state index in [4.69, 9.17) is 0 Å². The number of nitrogens with zero attached hydrogens (tertiary/aromatic N) is 3. The summed E-state index contributed by atoms with van der Waals surface area (Å²) in [5, 5.41) is 0. The highest BCUT2D eigenvalue weighted by Gasteiger charge is 2.40. The minimum Gasteiger partial charge on any atom is -0.334 e. The van der Waals surface area contributed by atoms with Gasteiger partial charge in [0.1, 0.15) is 0 Å². The van der Waals surface area contributed by atoms with Crippen LogP contribution < -0.4 is 14.7 Å². The van der Waals surface area contributed by atoms with Gasteiger partial charge in [0, 0.05) is 51.7 Å². The monoisotopic (exact) mass is 583 g/mol. The zero-order valence-electron chi connectivity index (χ0n) is 25.4. The molecular weight excluding hydrogens is 546 g/mol. The quantitative estimate of drug-likeness (QED) is 0.296. The van der Waals surface area contributed by atoms with E-state index in [1.54, 1.807) is 11.1 Å². The number of hydrogen-bond donors (Lipinski definition) is 0. The molecule has 4 aliphatic carbocycles. The minimum absolute atomic E-state index is 0.348. The van der Waals surface area contributed by atoms with Crippen LogP contribution in [0.3, 0.4) is 0 Å². The summed E-state index contributed by atoms with van der Waals surface area (Å²) in [7, 11) is 0. The van der Waals surface area contributed by atoms with E-state index in [0.717, 1.165) is 42.7 Å². The van der Waals surface area contributed by atoms with E-state index < -0.39 is 0 Å². The Labute approximate surface area is 266 Å². The van der Waals surface area contributed by atoms with Crippen LogP contribution >= 0.6 is 0 Å². The lowest BCUT2D eigenvalue weighted by atomic mass is 9.87. The molecule has 45 heavy (non-hydrogen) atoms. The second-order valence-corrected chi connectivity index (χ2v) is 12.7. The summed E-state index contributed by atoms with van der Waals surface area (Å²) in [5.74, 6) is 0.937.